The lowest BCUT2D eigenvalue weighted by molar-refractivity contribution is 0.0921. The summed E-state index contributed by atoms with van der Waals surface area (Å²) in [6.07, 6.45) is 0. The molecule has 6 heteroatoms. The highest BCUT2D eigenvalue weighted by molar-refractivity contribution is 9.10. The molecule has 0 radical (unpaired) electrons. The summed E-state index contributed by atoms with van der Waals surface area (Å²) in [5, 5.41) is 0.963. The molecule has 104 valence electrons. The van der Waals surface area contributed by atoms with Gasteiger partial charge in [-0.2, -0.15) is 0 Å². The summed E-state index contributed by atoms with van der Waals surface area (Å²) in [6.45, 7) is -0.131. The van der Waals surface area contributed by atoms with Crippen LogP contribution in [0.5, 0.6) is 5.75 Å². The van der Waals surface area contributed by atoms with Gasteiger partial charge in [-0.15, -0.1) is 0 Å². The van der Waals surface area contributed by atoms with Crippen LogP contribution >= 0.6 is 50.7 Å². The number of Topliss-reactive ketones (excluding diaryl/α,β-unsaturated/α-hetero) is 1. The summed E-state index contributed by atoms with van der Waals surface area (Å²) < 4.78 is 6.22. The summed E-state index contributed by atoms with van der Waals surface area (Å²) in [4.78, 5) is 12.0. The molecular weight excluding hydrogens is 386 g/mol. The van der Waals surface area contributed by atoms with Gasteiger partial charge < -0.3 is 4.74 Å². The predicted molar refractivity (Wildman–Crippen MR) is 85.4 cm³/mol. The highest BCUT2D eigenvalue weighted by Crippen LogP contribution is 2.33. The van der Waals surface area contributed by atoms with Crippen LogP contribution in [0.1, 0.15) is 10.4 Å². The van der Waals surface area contributed by atoms with E-state index in [2.05, 4.69) is 15.9 Å². The second-order valence-corrected chi connectivity index (χ2v) is 6.06. The first-order valence-corrected chi connectivity index (χ1v) is 7.46. The lowest BCUT2D eigenvalue weighted by Crippen LogP contribution is -2.11. The van der Waals surface area contributed by atoms with Gasteiger partial charge in [0.25, 0.3) is 0 Å². The minimum absolute atomic E-state index is 0.131. The van der Waals surface area contributed by atoms with Crippen molar-refractivity contribution in [2.75, 3.05) is 6.61 Å². The van der Waals surface area contributed by atoms with Gasteiger partial charge >= 0.3 is 0 Å². The molecule has 0 aromatic heterocycles. The second-order valence-electron chi connectivity index (χ2n) is 3.92. The van der Waals surface area contributed by atoms with Crippen LogP contribution in [-0.4, -0.2) is 12.4 Å². The van der Waals surface area contributed by atoms with Crippen molar-refractivity contribution in [3.8, 4) is 5.75 Å². The smallest absolute Gasteiger partial charge is 0.200 e. The van der Waals surface area contributed by atoms with E-state index in [1.807, 2.05) is 6.07 Å². The Hall–Kier alpha value is -0.740. The lowest BCUT2D eigenvalue weighted by Gasteiger charge is -2.09. The van der Waals surface area contributed by atoms with Crippen LogP contribution in [0.4, 0.5) is 0 Å². The maximum absolute atomic E-state index is 12.0. The minimum atomic E-state index is -0.159. The van der Waals surface area contributed by atoms with Gasteiger partial charge in [-0.3, -0.25) is 4.79 Å². The largest absolute Gasteiger partial charge is 0.484 e. The Bertz CT molecular complexity index is 659. The summed E-state index contributed by atoms with van der Waals surface area (Å²) in [7, 11) is 0. The van der Waals surface area contributed by atoms with Crippen molar-refractivity contribution >= 4 is 56.5 Å². The third-order valence-electron chi connectivity index (χ3n) is 2.48. The van der Waals surface area contributed by atoms with E-state index in [0.717, 1.165) is 4.47 Å². The van der Waals surface area contributed by atoms with Gasteiger partial charge in [0.2, 0.25) is 0 Å². The van der Waals surface area contributed by atoms with Crippen LogP contribution in [0, 0.1) is 0 Å². The van der Waals surface area contributed by atoms with E-state index in [9.17, 15) is 4.79 Å². The number of carbonyl (C=O) groups is 1. The Morgan fingerprint density at radius 2 is 1.75 bits per heavy atom. The lowest BCUT2D eigenvalue weighted by atomic mass is 10.1. The molecule has 20 heavy (non-hydrogen) atoms. The molecule has 0 amide bonds. The zero-order valence-corrected chi connectivity index (χ0v) is 13.9. The standard InChI is InChI=1S/C14H8BrCl3O2/c15-9-3-1-2-8(4-9)13(19)7-20-14-6-11(17)10(16)5-12(14)18/h1-6H,7H2. The predicted octanol–water partition coefficient (Wildman–Crippen LogP) is 5.67. The molecular formula is C14H8BrCl3O2. The Balaban J connectivity index is 2.09. The zero-order chi connectivity index (χ0) is 14.7. The highest BCUT2D eigenvalue weighted by Gasteiger charge is 2.11. The summed E-state index contributed by atoms with van der Waals surface area (Å²) in [5.41, 5.74) is 0.551. The number of hydrogen-bond donors (Lipinski definition) is 0. The van der Waals surface area contributed by atoms with Crippen molar-refractivity contribution in [2.24, 2.45) is 0 Å². The Kier molecular flexibility index (Phi) is 5.33. The summed E-state index contributed by atoms with van der Waals surface area (Å²) >= 11 is 21.0. The number of hydrogen-bond acceptors (Lipinski definition) is 2. The Morgan fingerprint density at radius 1 is 1.05 bits per heavy atom. The molecule has 0 saturated heterocycles. The number of rotatable bonds is 4. The van der Waals surface area contributed by atoms with E-state index in [0.29, 0.717) is 26.4 Å². The number of halogens is 4. The first-order valence-electron chi connectivity index (χ1n) is 5.53. The molecule has 0 aliphatic carbocycles. The molecule has 0 aliphatic heterocycles. The van der Waals surface area contributed by atoms with Crippen molar-refractivity contribution < 1.29 is 9.53 Å². The van der Waals surface area contributed by atoms with Crippen LogP contribution in [0.25, 0.3) is 0 Å². The SMILES string of the molecule is O=C(COc1cc(Cl)c(Cl)cc1Cl)c1cccc(Br)c1. The van der Waals surface area contributed by atoms with E-state index in [-0.39, 0.29) is 12.4 Å². The number of ether oxygens (including phenoxy) is 1. The van der Waals surface area contributed by atoms with Gasteiger partial charge in [0.05, 0.1) is 15.1 Å². The molecule has 2 nitrogen and oxygen atoms in total. The van der Waals surface area contributed by atoms with Crippen molar-refractivity contribution in [1.82, 2.24) is 0 Å². The number of benzene rings is 2. The summed E-state index contributed by atoms with van der Waals surface area (Å²) in [6, 6.07) is 10.0. The first-order chi connectivity index (χ1) is 9.47. The van der Waals surface area contributed by atoms with E-state index in [4.69, 9.17) is 39.5 Å². The van der Waals surface area contributed by atoms with E-state index >= 15 is 0 Å². The van der Waals surface area contributed by atoms with Crippen LogP contribution in [0.15, 0.2) is 40.9 Å². The monoisotopic (exact) mass is 392 g/mol. The maximum atomic E-state index is 12.0. The molecule has 0 N–H and O–H groups in total. The van der Waals surface area contributed by atoms with Gasteiger partial charge in [0, 0.05) is 16.1 Å². The molecule has 0 atom stereocenters. The molecule has 2 rings (SSSR count). The number of carbonyl (C=O) groups excluding carboxylic acids is 1. The molecule has 0 bridgehead atoms. The quantitative estimate of drug-likeness (QED) is 0.493. The fourth-order valence-corrected chi connectivity index (χ4v) is 2.49. The molecule has 0 saturated carbocycles. The van der Waals surface area contributed by atoms with E-state index in [1.54, 1.807) is 18.2 Å². The van der Waals surface area contributed by atoms with Crippen molar-refractivity contribution in [3.63, 3.8) is 0 Å². The summed E-state index contributed by atoms with van der Waals surface area (Å²) in [5.74, 6) is 0.165. The van der Waals surface area contributed by atoms with Gasteiger partial charge in [0.15, 0.2) is 12.4 Å². The maximum Gasteiger partial charge on any atom is 0.200 e. The van der Waals surface area contributed by atoms with Crippen LogP contribution in [-0.2, 0) is 0 Å². The van der Waals surface area contributed by atoms with E-state index in [1.165, 1.54) is 12.1 Å². The molecule has 0 fully saturated rings. The first kappa shape index (κ1) is 15.6. The molecule has 0 unspecified atom stereocenters. The molecule has 2 aromatic carbocycles. The van der Waals surface area contributed by atoms with Crippen LogP contribution in [0.2, 0.25) is 15.1 Å². The molecule has 0 aliphatic rings. The fourth-order valence-electron chi connectivity index (χ4n) is 1.50. The highest BCUT2D eigenvalue weighted by atomic mass is 79.9. The average molecular weight is 394 g/mol. The third-order valence-corrected chi connectivity index (χ3v) is 3.99. The van der Waals surface area contributed by atoms with Gasteiger partial charge in [0.1, 0.15) is 5.75 Å². The molecule has 2 aromatic rings. The van der Waals surface area contributed by atoms with Crippen LogP contribution < -0.4 is 4.74 Å². The second kappa shape index (κ2) is 6.81. The van der Waals surface area contributed by atoms with Gasteiger partial charge in [-0.1, -0.05) is 62.9 Å². The van der Waals surface area contributed by atoms with Gasteiger partial charge in [-0.25, -0.2) is 0 Å². The fraction of sp³-hybridized carbons (Fsp3) is 0.0714. The normalized spacial score (nSPS) is 10.4. The zero-order valence-electron chi connectivity index (χ0n) is 10.00. The van der Waals surface area contributed by atoms with E-state index < -0.39 is 0 Å². The van der Waals surface area contributed by atoms with Crippen molar-refractivity contribution in [3.05, 3.63) is 61.5 Å². The third kappa shape index (κ3) is 3.89. The van der Waals surface area contributed by atoms with Crippen molar-refractivity contribution in [1.29, 1.82) is 0 Å². The Morgan fingerprint density at radius 3 is 2.45 bits per heavy atom. The molecule has 0 spiro atoms. The van der Waals surface area contributed by atoms with Gasteiger partial charge in [-0.05, 0) is 18.2 Å². The topological polar surface area (TPSA) is 26.3 Å². The van der Waals surface area contributed by atoms with Crippen LogP contribution in [0.3, 0.4) is 0 Å². The Labute approximate surface area is 139 Å². The van der Waals surface area contributed by atoms with Crippen molar-refractivity contribution in [2.45, 2.75) is 0 Å². The number of ketones is 1. The average Bonchev–Trinajstić information content (AvgIpc) is 2.41. The molecule has 0 heterocycles. The minimum Gasteiger partial charge on any atom is -0.484 e.